The zero-order chi connectivity index (χ0) is 29.1. The van der Waals surface area contributed by atoms with E-state index in [1.807, 2.05) is 0 Å². The molecule has 5 aromatic rings. The van der Waals surface area contributed by atoms with Gasteiger partial charge in [-0.05, 0) is 43.0 Å². The molecule has 0 saturated heterocycles. The molecule has 3 N–H and O–H groups in total. The zero-order valence-electron chi connectivity index (χ0n) is 23.0. The number of hydrogen-bond acceptors (Lipinski definition) is 11. The van der Waals surface area contributed by atoms with Gasteiger partial charge < -0.3 is 30.0 Å². The number of hydrogen-bond donors (Lipinski definition) is 2. The van der Waals surface area contributed by atoms with Gasteiger partial charge in [-0.15, -0.1) is 0 Å². The SMILES string of the molecule is COc1cc2nccc(Oc3ccc(NC(=O)c4nn(-c5cnc(N)nc5)cc4OCC4CCC4)nc3)c2cc1OC. The van der Waals surface area contributed by atoms with Crippen molar-refractivity contribution in [2.24, 2.45) is 5.92 Å². The molecule has 0 aliphatic heterocycles. The van der Waals surface area contributed by atoms with Gasteiger partial charge in [-0.25, -0.2) is 19.6 Å². The van der Waals surface area contributed by atoms with Gasteiger partial charge >= 0.3 is 0 Å². The maximum absolute atomic E-state index is 13.3. The summed E-state index contributed by atoms with van der Waals surface area (Å²) < 4.78 is 24.4. The second-order valence-corrected chi connectivity index (χ2v) is 9.66. The van der Waals surface area contributed by atoms with Crippen molar-refractivity contribution in [3.63, 3.8) is 0 Å². The summed E-state index contributed by atoms with van der Waals surface area (Å²) in [6.45, 7) is 0.511. The molecule has 0 atom stereocenters. The molecule has 4 heterocycles. The largest absolute Gasteiger partial charge is 0.493 e. The number of anilines is 2. The van der Waals surface area contributed by atoms with Crippen LogP contribution in [0, 0.1) is 5.92 Å². The van der Waals surface area contributed by atoms with E-state index >= 15 is 0 Å². The summed E-state index contributed by atoms with van der Waals surface area (Å²) in [5, 5.41) is 7.96. The fourth-order valence-corrected chi connectivity index (χ4v) is 4.42. The Labute approximate surface area is 240 Å². The van der Waals surface area contributed by atoms with E-state index in [1.165, 1.54) is 29.7 Å². The molecule has 0 radical (unpaired) electrons. The minimum atomic E-state index is -0.476. The quantitative estimate of drug-likeness (QED) is 0.245. The van der Waals surface area contributed by atoms with Crippen molar-refractivity contribution in [3.05, 3.63) is 67.0 Å². The van der Waals surface area contributed by atoms with Crippen molar-refractivity contribution >= 4 is 28.6 Å². The van der Waals surface area contributed by atoms with Crippen LogP contribution in [0.5, 0.6) is 28.7 Å². The molecule has 1 aromatic carbocycles. The second kappa shape index (κ2) is 11.6. The second-order valence-electron chi connectivity index (χ2n) is 9.66. The molecule has 42 heavy (non-hydrogen) atoms. The maximum Gasteiger partial charge on any atom is 0.281 e. The predicted octanol–water partition coefficient (Wildman–Crippen LogP) is 4.43. The van der Waals surface area contributed by atoms with Crippen LogP contribution in [0.3, 0.4) is 0 Å². The Balaban J connectivity index is 1.19. The molecule has 1 aliphatic carbocycles. The first-order valence-electron chi connectivity index (χ1n) is 13.3. The van der Waals surface area contributed by atoms with Crippen molar-refractivity contribution in [1.29, 1.82) is 0 Å². The van der Waals surface area contributed by atoms with E-state index in [4.69, 9.17) is 24.7 Å². The highest BCUT2D eigenvalue weighted by Gasteiger charge is 2.23. The summed E-state index contributed by atoms with van der Waals surface area (Å²) in [6.07, 6.45) is 11.2. The van der Waals surface area contributed by atoms with Gasteiger partial charge in [-0.1, -0.05) is 6.42 Å². The lowest BCUT2D eigenvalue weighted by molar-refractivity contribution is 0.101. The molecule has 6 rings (SSSR count). The van der Waals surface area contributed by atoms with Gasteiger partial charge in [0.05, 0.1) is 51.1 Å². The number of rotatable bonds is 10. The summed E-state index contributed by atoms with van der Waals surface area (Å²) in [5.74, 6) is 2.95. The van der Waals surface area contributed by atoms with Crippen LogP contribution in [0.2, 0.25) is 0 Å². The number of methoxy groups -OCH3 is 2. The van der Waals surface area contributed by atoms with Crippen LogP contribution in [-0.4, -0.2) is 56.5 Å². The Morgan fingerprint density at radius 1 is 0.976 bits per heavy atom. The monoisotopic (exact) mass is 568 g/mol. The minimum absolute atomic E-state index is 0.112. The number of carbonyl (C=O) groups excluding carboxylic acids is 1. The van der Waals surface area contributed by atoms with E-state index in [2.05, 4.69) is 30.4 Å². The lowest BCUT2D eigenvalue weighted by Gasteiger charge is -2.24. The van der Waals surface area contributed by atoms with Crippen LogP contribution in [0.1, 0.15) is 29.8 Å². The molecule has 1 fully saturated rings. The summed E-state index contributed by atoms with van der Waals surface area (Å²) in [6, 6.07) is 8.67. The molecule has 0 unspecified atom stereocenters. The molecule has 214 valence electrons. The van der Waals surface area contributed by atoms with Crippen LogP contribution in [0.15, 0.2) is 61.3 Å². The van der Waals surface area contributed by atoms with E-state index in [0.717, 1.165) is 18.2 Å². The van der Waals surface area contributed by atoms with Gasteiger partial charge in [0, 0.05) is 17.6 Å². The Morgan fingerprint density at radius 3 is 2.45 bits per heavy atom. The number of nitrogens with two attached hydrogens (primary N) is 1. The number of benzene rings is 1. The van der Waals surface area contributed by atoms with Gasteiger partial charge in [-0.2, -0.15) is 5.10 Å². The predicted molar refractivity (Wildman–Crippen MR) is 154 cm³/mol. The Morgan fingerprint density at radius 2 is 1.76 bits per heavy atom. The number of nitrogen functional groups attached to an aromatic ring is 1. The van der Waals surface area contributed by atoms with Gasteiger partial charge in [0.1, 0.15) is 23.0 Å². The molecule has 4 aromatic heterocycles. The fraction of sp³-hybridized carbons (Fsp3) is 0.241. The Bertz CT molecular complexity index is 1720. The number of ether oxygens (including phenoxy) is 4. The third-order valence-electron chi connectivity index (χ3n) is 6.93. The highest BCUT2D eigenvalue weighted by molar-refractivity contribution is 6.04. The van der Waals surface area contributed by atoms with Crippen LogP contribution in [0.4, 0.5) is 11.8 Å². The molecule has 13 nitrogen and oxygen atoms in total. The number of nitrogens with one attached hydrogen (secondary N) is 1. The molecule has 1 amide bonds. The average Bonchev–Trinajstić information content (AvgIpc) is 3.41. The van der Waals surface area contributed by atoms with Gasteiger partial charge in [0.15, 0.2) is 22.9 Å². The normalized spacial score (nSPS) is 12.9. The molecule has 1 aliphatic rings. The summed E-state index contributed by atoms with van der Waals surface area (Å²) in [5.41, 5.74) is 6.94. The van der Waals surface area contributed by atoms with Crippen LogP contribution >= 0.6 is 0 Å². The van der Waals surface area contributed by atoms with Crippen molar-refractivity contribution in [2.75, 3.05) is 31.9 Å². The van der Waals surface area contributed by atoms with Gasteiger partial charge in [0.2, 0.25) is 5.95 Å². The molecule has 0 spiro atoms. The standard InChI is InChI=1S/C29H28N8O5/c1-39-23-10-20-21(11-24(23)40-2)31-9-8-22(20)42-19-6-7-26(32-14-19)35-28(38)27-25(41-16-17-4-3-5-17)15-37(36-27)18-12-33-29(30)34-13-18/h6-15,17H,3-5,16H2,1-2H3,(H2,30,33,34)(H,32,35,38). The number of carbonyl (C=O) groups is 1. The topological polar surface area (TPSA) is 161 Å². The van der Waals surface area contributed by atoms with Crippen molar-refractivity contribution < 1.29 is 23.7 Å². The van der Waals surface area contributed by atoms with Crippen LogP contribution < -0.4 is 30.0 Å². The van der Waals surface area contributed by atoms with E-state index in [-0.39, 0.29) is 11.6 Å². The molecular weight excluding hydrogens is 540 g/mol. The van der Waals surface area contributed by atoms with Crippen molar-refractivity contribution in [1.82, 2.24) is 29.7 Å². The summed E-state index contributed by atoms with van der Waals surface area (Å²) in [7, 11) is 3.14. The lowest BCUT2D eigenvalue weighted by Crippen LogP contribution is -2.20. The fourth-order valence-electron chi connectivity index (χ4n) is 4.42. The third kappa shape index (κ3) is 5.57. The van der Waals surface area contributed by atoms with E-state index in [9.17, 15) is 4.79 Å². The average molecular weight is 569 g/mol. The number of nitrogens with zero attached hydrogens (tertiary/aromatic N) is 6. The lowest BCUT2D eigenvalue weighted by atomic mass is 9.86. The minimum Gasteiger partial charge on any atom is -0.493 e. The third-order valence-corrected chi connectivity index (χ3v) is 6.93. The number of amides is 1. The molecule has 1 saturated carbocycles. The zero-order valence-corrected chi connectivity index (χ0v) is 23.0. The van der Waals surface area contributed by atoms with Crippen LogP contribution in [-0.2, 0) is 0 Å². The molecular formula is C29H28N8O5. The first-order chi connectivity index (χ1) is 20.5. The van der Waals surface area contributed by atoms with Gasteiger partial charge in [0.25, 0.3) is 5.91 Å². The molecule has 0 bridgehead atoms. The highest BCUT2D eigenvalue weighted by atomic mass is 16.5. The first kappa shape index (κ1) is 26.7. The number of fused-ring (bicyclic) bond motifs is 1. The van der Waals surface area contributed by atoms with Crippen LogP contribution in [0.25, 0.3) is 16.6 Å². The van der Waals surface area contributed by atoms with Crippen molar-refractivity contribution in [2.45, 2.75) is 19.3 Å². The van der Waals surface area contributed by atoms with Crippen molar-refractivity contribution in [3.8, 4) is 34.4 Å². The summed E-state index contributed by atoms with van der Waals surface area (Å²) >= 11 is 0. The Hall–Kier alpha value is -5.46. The molecule has 13 heteroatoms. The Kier molecular flexibility index (Phi) is 7.37. The highest BCUT2D eigenvalue weighted by Crippen LogP contribution is 2.37. The van der Waals surface area contributed by atoms with E-state index < -0.39 is 5.91 Å². The maximum atomic E-state index is 13.3. The van der Waals surface area contributed by atoms with E-state index in [1.54, 1.807) is 56.9 Å². The summed E-state index contributed by atoms with van der Waals surface area (Å²) in [4.78, 5) is 30.0. The number of aromatic nitrogens is 6. The number of pyridine rings is 2. The first-order valence-corrected chi connectivity index (χ1v) is 13.3. The van der Waals surface area contributed by atoms with Gasteiger partial charge in [-0.3, -0.25) is 9.78 Å². The smallest absolute Gasteiger partial charge is 0.281 e. The van der Waals surface area contributed by atoms with E-state index in [0.29, 0.717) is 58.3 Å².